The van der Waals surface area contributed by atoms with Crippen molar-refractivity contribution in [1.82, 2.24) is 0 Å². The Labute approximate surface area is 206 Å². The summed E-state index contributed by atoms with van der Waals surface area (Å²) in [6.07, 6.45) is 19.2. The first kappa shape index (κ1) is 29.8. The molecule has 0 heterocycles. The topological polar surface area (TPSA) is 93.1 Å². The summed E-state index contributed by atoms with van der Waals surface area (Å²) in [5.74, 6) is -0.0621. The van der Waals surface area contributed by atoms with Crippen molar-refractivity contribution in [1.29, 1.82) is 0 Å². The number of benzene rings is 1. The summed E-state index contributed by atoms with van der Waals surface area (Å²) in [7, 11) is 0. The summed E-state index contributed by atoms with van der Waals surface area (Å²) in [6, 6.07) is 7.58. The molecular formula is C28H46O6. The Kier molecular flexibility index (Phi) is 18.7. The van der Waals surface area contributed by atoms with Crippen LogP contribution in [0.5, 0.6) is 11.5 Å². The van der Waals surface area contributed by atoms with E-state index < -0.39 is 11.9 Å². The van der Waals surface area contributed by atoms with Crippen LogP contribution in [0.25, 0.3) is 0 Å². The number of carboxylic acid groups (broad SMARTS) is 2. The van der Waals surface area contributed by atoms with E-state index in [1.54, 1.807) is 0 Å². The number of ether oxygens (including phenoxy) is 2. The second-order valence-corrected chi connectivity index (χ2v) is 9.09. The van der Waals surface area contributed by atoms with Crippen molar-refractivity contribution in [2.75, 3.05) is 13.2 Å². The zero-order chi connectivity index (χ0) is 24.7. The molecule has 2 N–H and O–H groups in total. The van der Waals surface area contributed by atoms with Gasteiger partial charge in [-0.1, -0.05) is 95.6 Å². The maximum absolute atomic E-state index is 10.6. The number of rotatable bonds is 24. The van der Waals surface area contributed by atoms with Crippen LogP contribution in [0.3, 0.4) is 0 Å². The summed E-state index contributed by atoms with van der Waals surface area (Å²) in [4.78, 5) is 21.0. The fourth-order valence-corrected chi connectivity index (χ4v) is 3.95. The van der Waals surface area contributed by atoms with E-state index in [0.717, 1.165) is 25.0 Å². The molecule has 0 aliphatic carbocycles. The third-order valence-corrected chi connectivity index (χ3v) is 5.93. The summed E-state index contributed by atoms with van der Waals surface area (Å²) >= 11 is 0. The van der Waals surface area contributed by atoms with Gasteiger partial charge in [0.15, 0.2) is 11.5 Å². The molecule has 0 radical (unpaired) electrons. The molecule has 0 unspecified atom stereocenters. The molecule has 1 aromatic carbocycles. The van der Waals surface area contributed by atoms with Crippen molar-refractivity contribution in [2.24, 2.45) is 0 Å². The van der Waals surface area contributed by atoms with Gasteiger partial charge in [0, 0.05) is 12.8 Å². The van der Waals surface area contributed by atoms with Gasteiger partial charge in [-0.15, -0.1) is 0 Å². The van der Waals surface area contributed by atoms with Crippen molar-refractivity contribution >= 4 is 11.9 Å². The maximum atomic E-state index is 10.6. The lowest BCUT2D eigenvalue weighted by atomic mass is 10.0. The molecule has 0 amide bonds. The quantitative estimate of drug-likeness (QED) is 0.148. The highest BCUT2D eigenvalue weighted by atomic mass is 16.5. The highest BCUT2D eigenvalue weighted by Crippen LogP contribution is 2.27. The van der Waals surface area contributed by atoms with Gasteiger partial charge in [-0.25, -0.2) is 0 Å². The first-order chi connectivity index (χ1) is 16.6. The van der Waals surface area contributed by atoms with E-state index >= 15 is 0 Å². The smallest absolute Gasteiger partial charge is 0.303 e. The molecule has 1 rings (SSSR count). The zero-order valence-corrected chi connectivity index (χ0v) is 21.0. The molecule has 34 heavy (non-hydrogen) atoms. The molecule has 0 fully saturated rings. The van der Waals surface area contributed by atoms with Crippen LogP contribution >= 0.6 is 0 Å². The third kappa shape index (κ3) is 18.2. The Balaban J connectivity index is 1.88. The largest absolute Gasteiger partial charge is 0.490 e. The van der Waals surface area contributed by atoms with Gasteiger partial charge in [0.2, 0.25) is 0 Å². The van der Waals surface area contributed by atoms with Crippen LogP contribution in [0.2, 0.25) is 0 Å². The molecule has 0 aromatic heterocycles. The van der Waals surface area contributed by atoms with Crippen LogP contribution in [-0.4, -0.2) is 35.4 Å². The Morgan fingerprint density at radius 1 is 0.500 bits per heavy atom. The van der Waals surface area contributed by atoms with E-state index in [4.69, 9.17) is 19.7 Å². The molecule has 0 saturated carbocycles. The lowest BCUT2D eigenvalue weighted by Gasteiger charge is -2.12. The van der Waals surface area contributed by atoms with Crippen LogP contribution in [-0.2, 0) is 9.59 Å². The minimum Gasteiger partial charge on any atom is -0.490 e. The van der Waals surface area contributed by atoms with E-state index in [0.29, 0.717) is 31.8 Å². The fraction of sp³-hybridized carbons (Fsp3) is 0.714. The van der Waals surface area contributed by atoms with Crippen molar-refractivity contribution < 1.29 is 29.3 Å². The third-order valence-electron chi connectivity index (χ3n) is 5.93. The molecule has 1 aromatic rings. The van der Waals surface area contributed by atoms with Gasteiger partial charge >= 0.3 is 11.9 Å². The minimum absolute atomic E-state index is 0.113. The molecule has 194 valence electrons. The zero-order valence-electron chi connectivity index (χ0n) is 21.0. The van der Waals surface area contributed by atoms with Crippen molar-refractivity contribution in [3.63, 3.8) is 0 Å². The molecule has 0 spiro atoms. The van der Waals surface area contributed by atoms with Gasteiger partial charge in [-0.2, -0.15) is 0 Å². The number of para-hydroxylation sites is 2. The summed E-state index contributed by atoms with van der Waals surface area (Å²) in [5.41, 5.74) is 0. The normalized spacial score (nSPS) is 10.8. The molecule has 0 atom stereocenters. The number of unbranched alkanes of at least 4 members (excludes halogenated alkanes) is 14. The standard InChI is InChI=1S/C28H46O6/c29-27(30)21-14-12-10-8-6-4-2-1-3-5-7-9-11-13-17-23-33-25-19-15-16-20-26(25)34-24-18-22-28(31)32/h15-16,19-20H,1-14,17-18,21-24H2,(H,29,30)(H,31,32). The predicted molar refractivity (Wildman–Crippen MR) is 136 cm³/mol. The van der Waals surface area contributed by atoms with E-state index in [1.807, 2.05) is 24.3 Å². The first-order valence-electron chi connectivity index (χ1n) is 13.4. The number of hydrogen-bond acceptors (Lipinski definition) is 4. The van der Waals surface area contributed by atoms with Gasteiger partial charge < -0.3 is 19.7 Å². The van der Waals surface area contributed by atoms with Gasteiger partial charge in [-0.05, 0) is 31.4 Å². The summed E-state index contributed by atoms with van der Waals surface area (Å²) < 4.78 is 11.6. The maximum Gasteiger partial charge on any atom is 0.303 e. The molecule has 0 bridgehead atoms. The Morgan fingerprint density at radius 3 is 1.24 bits per heavy atom. The average molecular weight is 479 g/mol. The highest BCUT2D eigenvalue weighted by Gasteiger charge is 2.05. The van der Waals surface area contributed by atoms with Gasteiger partial charge in [0.1, 0.15) is 0 Å². The van der Waals surface area contributed by atoms with Crippen LogP contribution in [0, 0.1) is 0 Å². The van der Waals surface area contributed by atoms with E-state index in [9.17, 15) is 9.59 Å². The highest BCUT2D eigenvalue weighted by molar-refractivity contribution is 5.66. The predicted octanol–water partition coefficient (Wildman–Crippen LogP) is 7.64. The van der Waals surface area contributed by atoms with Crippen molar-refractivity contribution in [3.8, 4) is 11.5 Å². The summed E-state index contributed by atoms with van der Waals surface area (Å²) in [6.45, 7) is 1.05. The Morgan fingerprint density at radius 2 is 0.824 bits per heavy atom. The number of carbonyl (C=O) groups is 2. The van der Waals surface area contributed by atoms with Crippen LogP contribution < -0.4 is 9.47 Å². The van der Waals surface area contributed by atoms with Crippen LogP contribution in [0.15, 0.2) is 24.3 Å². The molecule has 6 heteroatoms. The molecule has 0 aliphatic rings. The summed E-state index contributed by atoms with van der Waals surface area (Å²) in [5, 5.41) is 17.3. The molecule has 6 nitrogen and oxygen atoms in total. The molecule has 0 saturated heterocycles. The van der Waals surface area contributed by atoms with Gasteiger partial charge in [0.25, 0.3) is 0 Å². The Bertz CT molecular complexity index is 646. The second-order valence-electron chi connectivity index (χ2n) is 9.09. The van der Waals surface area contributed by atoms with Crippen LogP contribution in [0.1, 0.15) is 116 Å². The van der Waals surface area contributed by atoms with E-state index in [-0.39, 0.29) is 6.42 Å². The second kappa shape index (κ2) is 21.3. The van der Waals surface area contributed by atoms with Crippen molar-refractivity contribution in [2.45, 2.75) is 116 Å². The van der Waals surface area contributed by atoms with E-state index in [2.05, 4.69) is 0 Å². The fourth-order valence-electron chi connectivity index (χ4n) is 3.95. The lowest BCUT2D eigenvalue weighted by molar-refractivity contribution is -0.138. The average Bonchev–Trinajstić information content (AvgIpc) is 2.81. The van der Waals surface area contributed by atoms with Gasteiger partial charge in [-0.3, -0.25) is 9.59 Å². The van der Waals surface area contributed by atoms with Gasteiger partial charge in [0.05, 0.1) is 13.2 Å². The lowest BCUT2D eigenvalue weighted by Crippen LogP contribution is -2.04. The molecular weight excluding hydrogens is 432 g/mol. The number of aliphatic carboxylic acids is 2. The Hall–Kier alpha value is -2.24. The molecule has 0 aliphatic heterocycles. The number of carboxylic acids is 2. The SMILES string of the molecule is O=C(O)CCCCCCCCCCCCCCCCCOc1ccccc1OCCCC(=O)O. The first-order valence-corrected chi connectivity index (χ1v) is 13.4. The van der Waals surface area contributed by atoms with Crippen LogP contribution in [0.4, 0.5) is 0 Å². The minimum atomic E-state index is -0.803. The van der Waals surface area contributed by atoms with E-state index in [1.165, 1.54) is 77.0 Å². The van der Waals surface area contributed by atoms with Crippen molar-refractivity contribution in [3.05, 3.63) is 24.3 Å². The monoisotopic (exact) mass is 478 g/mol. The number of hydrogen-bond donors (Lipinski definition) is 2.